The van der Waals surface area contributed by atoms with Gasteiger partial charge in [-0.1, -0.05) is 57.3 Å². The third-order valence-electron chi connectivity index (χ3n) is 2.93. The maximum absolute atomic E-state index is 6.22. The molecule has 0 aliphatic rings. The zero-order valence-electron chi connectivity index (χ0n) is 10.5. The lowest BCUT2D eigenvalue weighted by atomic mass is 10.2. The molecule has 0 aromatic heterocycles. The van der Waals surface area contributed by atoms with Gasteiger partial charge in [-0.25, -0.2) is 0 Å². The van der Waals surface area contributed by atoms with Crippen LogP contribution in [0.15, 0.2) is 42.5 Å². The van der Waals surface area contributed by atoms with Gasteiger partial charge in [-0.15, -0.1) is 0 Å². The minimum atomic E-state index is 0.763. The third-order valence-corrected chi connectivity index (χ3v) is 4.12. The average Bonchev–Trinajstić information content (AvgIpc) is 2.38. The van der Waals surface area contributed by atoms with E-state index in [1.54, 1.807) is 0 Å². The van der Waals surface area contributed by atoms with E-state index < -0.39 is 0 Å². The van der Waals surface area contributed by atoms with Crippen molar-refractivity contribution >= 4 is 44.8 Å². The van der Waals surface area contributed by atoms with E-state index in [1.165, 1.54) is 5.56 Å². The first-order valence-electron chi connectivity index (χ1n) is 5.90. The molecule has 0 fully saturated rings. The van der Waals surface area contributed by atoms with Crippen molar-refractivity contribution in [2.24, 2.45) is 0 Å². The Morgan fingerprint density at radius 1 is 1.11 bits per heavy atom. The first kappa shape index (κ1) is 14.7. The normalized spacial score (nSPS) is 10.5. The van der Waals surface area contributed by atoms with E-state index in [9.17, 15) is 0 Å². The molecule has 0 saturated carbocycles. The van der Waals surface area contributed by atoms with E-state index in [-0.39, 0.29) is 0 Å². The second-order valence-electron chi connectivity index (χ2n) is 4.40. The quantitative estimate of drug-likeness (QED) is 0.650. The molecule has 2 aromatic rings. The second kappa shape index (κ2) is 6.65. The highest BCUT2D eigenvalue weighted by Gasteiger charge is 2.06. The molecular formula is C15H14BrCl2N. The third kappa shape index (κ3) is 3.88. The first-order chi connectivity index (χ1) is 9.10. The van der Waals surface area contributed by atoms with Crippen LogP contribution in [0.5, 0.6) is 0 Å². The second-order valence-corrected chi connectivity index (χ2v) is 5.80. The zero-order chi connectivity index (χ0) is 13.8. The van der Waals surface area contributed by atoms with E-state index >= 15 is 0 Å². The molecule has 0 atom stereocenters. The van der Waals surface area contributed by atoms with Gasteiger partial charge in [-0.3, -0.25) is 0 Å². The Bertz CT molecular complexity index is 572. The molecule has 0 aliphatic carbocycles. The summed E-state index contributed by atoms with van der Waals surface area (Å²) in [7, 11) is 2.04. The lowest BCUT2D eigenvalue weighted by Crippen LogP contribution is -2.16. The van der Waals surface area contributed by atoms with Gasteiger partial charge in [0.05, 0.1) is 0 Å². The highest BCUT2D eigenvalue weighted by atomic mass is 79.9. The summed E-state index contributed by atoms with van der Waals surface area (Å²) in [6.45, 7) is 0.796. The van der Waals surface area contributed by atoms with Crippen molar-refractivity contribution in [1.82, 2.24) is 0 Å². The molecule has 0 bridgehead atoms. The van der Waals surface area contributed by atoms with Crippen molar-refractivity contribution in [1.29, 1.82) is 0 Å². The van der Waals surface area contributed by atoms with Crippen molar-refractivity contribution in [3.05, 3.63) is 63.6 Å². The predicted octanol–water partition coefficient (Wildman–Crippen LogP) is 5.52. The lowest BCUT2D eigenvalue weighted by Gasteiger charge is -2.20. The van der Waals surface area contributed by atoms with Crippen molar-refractivity contribution < 1.29 is 0 Å². The van der Waals surface area contributed by atoms with Crippen LogP contribution in [0, 0.1) is 0 Å². The smallest absolute Gasteiger partial charge is 0.0467 e. The van der Waals surface area contributed by atoms with Crippen molar-refractivity contribution in [2.75, 3.05) is 11.9 Å². The highest BCUT2D eigenvalue weighted by Crippen LogP contribution is 2.25. The molecule has 100 valence electrons. The summed E-state index contributed by atoms with van der Waals surface area (Å²) in [5, 5.41) is 2.32. The van der Waals surface area contributed by atoms with E-state index in [2.05, 4.69) is 33.0 Å². The van der Waals surface area contributed by atoms with Crippen LogP contribution >= 0.6 is 39.1 Å². The number of anilines is 1. The first-order valence-corrected chi connectivity index (χ1v) is 7.78. The van der Waals surface area contributed by atoms with Gasteiger partial charge in [0.25, 0.3) is 0 Å². The maximum atomic E-state index is 6.22. The predicted molar refractivity (Wildman–Crippen MR) is 87.6 cm³/mol. The number of benzene rings is 2. The number of hydrogen-bond acceptors (Lipinski definition) is 1. The summed E-state index contributed by atoms with van der Waals surface area (Å²) in [4.78, 5) is 2.15. The molecule has 0 aliphatic heterocycles. The Morgan fingerprint density at radius 2 is 1.89 bits per heavy atom. The number of nitrogens with zero attached hydrogens (tertiary/aromatic N) is 1. The fourth-order valence-electron chi connectivity index (χ4n) is 1.88. The van der Waals surface area contributed by atoms with Crippen LogP contribution in [-0.2, 0) is 11.9 Å². The molecule has 4 heteroatoms. The van der Waals surface area contributed by atoms with E-state index in [4.69, 9.17) is 23.2 Å². The van der Waals surface area contributed by atoms with Gasteiger partial charge >= 0.3 is 0 Å². The van der Waals surface area contributed by atoms with E-state index in [0.29, 0.717) is 0 Å². The average molecular weight is 359 g/mol. The van der Waals surface area contributed by atoms with Crippen molar-refractivity contribution in [2.45, 2.75) is 11.9 Å². The fourth-order valence-corrected chi connectivity index (χ4v) is 2.99. The topological polar surface area (TPSA) is 3.24 Å². The summed E-state index contributed by atoms with van der Waals surface area (Å²) >= 11 is 15.6. The van der Waals surface area contributed by atoms with Gasteiger partial charge in [0.1, 0.15) is 0 Å². The Kier molecular flexibility index (Phi) is 5.14. The molecule has 0 radical (unpaired) electrons. The summed E-state index contributed by atoms with van der Waals surface area (Å²) in [6.07, 6.45) is 0. The van der Waals surface area contributed by atoms with Gasteiger partial charge < -0.3 is 4.90 Å². The molecule has 2 rings (SSSR count). The van der Waals surface area contributed by atoms with E-state index in [1.807, 2.05) is 37.4 Å². The summed E-state index contributed by atoms with van der Waals surface area (Å²) in [5.74, 6) is 0. The summed E-state index contributed by atoms with van der Waals surface area (Å²) in [5.41, 5.74) is 3.37. The lowest BCUT2D eigenvalue weighted by molar-refractivity contribution is 0.923. The van der Waals surface area contributed by atoms with Crippen LogP contribution in [0.4, 0.5) is 5.69 Å². The number of halogens is 3. The molecule has 0 saturated heterocycles. The molecule has 0 N–H and O–H groups in total. The number of rotatable bonds is 4. The highest BCUT2D eigenvalue weighted by molar-refractivity contribution is 9.08. The van der Waals surface area contributed by atoms with Gasteiger partial charge in [-0.2, -0.15) is 0 Å². The molecule has 0 heterocycles. The maximum Gasteiger partial charge on any atom is 0.0467 e. The molecule has 0 amide bonds. The Morgan fingerprint density at radius 3 is 2.53 bits per heavy atom. The molecule has 1 nitrogen and oxygen atoms in total. The Balaban J connectivity index is 2.15. The minimum absolute atomic E-state index is 0.763. The van der Waals surface area contributed by atoms with Gasteiger partial charge in [0, 0.05) is 34.7 Å². The van der Waals surface area contributed by atoms with Crippen LogP contribution in [0.25, 0.3) is 0 Å². The van der Waals surface area contributed by atoms with Crippen LogP contribution in [0.2, 0.25) is 10.0 Å². The molecule has 2 aromatic carbocycles. The van der Waals surface area contributed by atoms with Crippen LogP contribution in [0.1, 0.15) is 11.1 Å². The van der Waals surface area contributed by atoms with Gasteiger partial charge in [0.2, 0.25) is 0 Å². The largest absolute Gasteiger partial charge is 0.370 e. The number of hydrogen-bond donors (Lipinski definition) is 0. The minimum Gasteiger partial charge on any atom is -0.370 e. The van der Waals surface area contributed by atoms with Crippen molar-refractivity contribution in [3.63, 3.8) is 0 Å². The molecule has 19 heavy (non-hydrogen) atoms. The molecule has 0 spiro atoms. The van der Waals surface area contributed by atoms with Crippen LogP contribution in [0.3, 0.4) is 0 Å². The summed E-state index contributed by atoms with van der Waals surface area (Å²) < 4.78 is 0. The zero-order valence-corrected chi connectivity index (χ0v) is 13.6. The monoisotopic (exact) mass is 357 g/mol. The summed E-state index contributed by atoms with van der Waals surface area (Å²) in [6, 6.07) is 14.0. The Labute approximate surface area is 132 Å². The number of alkyl halides is 1. The van der Waals surface area contributed by atoms with Gasteiger partial charge in [-0.05, 0) is 35.4 Å². The fraction of sp³-hybridized carbons (Fsp3) is 0.200. The molecular weight excluding hydrogens is 345 g/mol. The van der Waals surface area contributed by atoms with E-state index in [0.717, 1.165) is 33.2 Å². The Hall–Kier alpha value is -0.700. The van der Waals surface area contributed by atoms with Gasteiger partial charge in [0.15, 0.2) is 0 Å². The van der Waals surface area contributed by atoms with Crippen molar-refractivity contribution in [3.8, 4) is 0 Å². The standard InChI is InChI=1S/C15H14BrCl2N/c1-19(10-11-3-2-4-13(17)7-11)14-6-5-12(9-16)15(18)8-14/h2-8H,9-10H2,1H3. The van der Waals surface area contributed by atoms with Crippen LogP contribution < -0.4 is 4.90 Å². The SMILES string of the molecule is CN(Cc1cccc(Cl)c1)c1ccc(CBr)c(Cl)c1. The van der Waals surface area contributed by atoms with Crippen LogP contribution in [-0.4, -0.2) is 7.05 Å². The molecule has 0 unspecified atom stereocenters.